The Morgan fingerprint density at radius 2 is 1.73 bits per heavy atom. The molecule has 0 saturated heterocycles. The van der Waals surface area contributed by atoms with Crippen LogP contribution in [0.15, 0.2) is 41.8 Å². The van der Waals surface area contributed by atoms with Crippen molar-refractivity contribution in [2.75, 3.05) is 0 Å². The molecule has 140 valence electrons. The topological polar surface area (TPSA) is 58.2 Å². The SMILES string of the molecule is CC(C)[C@H](NC(=O)c1ccc(C(C)(C)C)cc1)C(=O)NCc1cccs1. The Morgan fingerprint density at radius 3 is 2.23 bits per heavy atom. The van der Waals surface area contributed by atoms with Gasteiger partial charge in [0.15, 0.2) is 0 Å². The number of nitrogens with one attached hydrogen (secondary N) is 2. The molecule has 2 rings (SSSR count). The summed E-state index contributed by atoms with van der Waals surface area (Å²) < 4.78 is 0. The van der Waals surface area contributed by atoms with Crippen LogP contribution in [-0.2, 0) is 16.8 Å². The molecule has 0 radical (unpaired) electrons. The van der Waals surface area contributed by atoms with E-state index in [2.05, 4.69) is 31.4 Å². The molecule has 0 aliphatic carbocycles. The van der Waals surface area contributed by atoms with Crippen LogP contribution in [0.2, 0.25) is 0 Å². The fourth-order valence-electron chi connectivity index (χ4n) is 2.58. The van der Waals surface area contributed by atoms with Gasteiger partial charge in [0.2, 0.25) is 5.91 Å². The molecule has 0 unspecified atom stereocenters. The third-order valence-electron chi connectivity index (χ3n) is 4.27. The number of carbonyl (C=O) groups is 2. The highest BCUT2D eigenvalue weighted by molar-refractivity contribution is 7.09. The molecule has 0 fully saturated rings. The quantitative estimate of drug-likeness (QED) is 0.801. The molecule has 4 nitrogen and oxygen atoms in total. The third kappa shape index (κ3) is 5.43. The van der Waals surface area contributed by atoms with Crippen LogP contribution in [0.25, 0.3) is 0 Å². The second-order valence-electron chi connectivity index (χ2n) is 7.82. The minimum Gasteiger partial charge on any atom is -0.349 e. The summed E-state index contributed by atoms with van der Waals surface area (Å²) in [5, 5.41) is 7.76. The summed E-state index contributed by atoms with van der Waals surface area (Å²) in [5.41, 5.74) is 1.77. The van der Waals surface area contributed by atoms with Crippen molar-refractivity contribution in [2.45, 2.75) is 52.6 Å². The van der Waals surface area contributed by atoms with Crippen LogP contribution in [0.5, 0.6) is 0 Å². The van der Waals surface area contributed by atoms with Crippen LogP contribution in [0.3, 0.4) is 0 Å². The number of thiophene rings is 1. The predicted molar refractivity (Wildman–Crippen MR) is 107 cm³/mol. The van der Waals surface area contributed by atoms with Gasteiger partial charge < -0.3 is 10.6 Å². The average molecular weight is 373 g/mol. The van der Waals surface area contributed by atoms with E-state index in [-0.39, 0.29) is 23.1 Å². The van der Waals surface area contributed by atoms with Crippen LogP contribution in [0.4, 0.5) is 0 Å². The zero-order valence-corrected chi connectivity index (χ0v) is 16.9. The van der Waals surface area contributed by atoms with Gasteiger partial charge in [0.05, 0.1) is 6.54 Å². The standard InChI is InChI=1S/C21H28N2O2S/c1-14(2)18(20(25)22-13-17-7-6-12-26-17)23-19(24)15-8-10-16(11-9-15)21(3,4)5/h6-12,14,18H,13H2,1-5H3,(H,22,25)(H,23,24)/t18-/m0/s1. The molecule has 1 aromatic carbocycles. The van der Waals surface area contributed by atoms with Crippen molar-refractivity contribution >= 4 is 23.2 Å². The lowest BCUT2D eigenvalue weighted by molar-refractivity contribution is -0.124. The molecule has 0 spiro atoms. The Labute approximate surface area is 160 Å². The van der Waals surface area contributed by atoms with Crippen LogP contribution < -0.4 is 10.6 Å². The smallest absolute Gasteiger partial charge is 0.251 e. The summed E-state index contributed by atoms with van der Waals surface area (Å²) in [6.45, 7) is 10.7. The van der Waals surface area contributed by atoms with Crippen LogP contribution in [-0.4, -0.2) is 17.9 Å². The average Bonchev–Trinajstić information content (AvgIpc) is 3.10. The minimum atomic E-state index is -0.565. The first-order chi connectivity index (χ1) is 12.2. The monoisotopic (exact) mass is 372 g/mol. The Morgan fingerprint density at radius 1 is 1.08 bits per heavy atom. The first-order valence-electron chi connectivity index (χ1n) is 8.90. The first kappa shape index (κ1) is 20.2. The number of amides is 2. The highest BCUT2D eigenvalue weighted by Gasteiger charge is 2.24. The van der Waals surface area contributed by atoms with Gasteiger partial charge in [0, 0.05) is 10.4 Å². The molecule has 26 heavy (non-hydrogen) atoms. The van der Waals surface area contributed by atoms with E-state index in [1.807, 2.05) is 55.6 Å². The summed E-state index contributed by atoms with van der Waals surface area (Å²) in [4.78, 5) is 26.2. The highest BCUT2D eigenvalue weighted by Crippen LogP contribution is 2.22. The fraction of sp³-hybridized carbons (Fsp3) is 0.429. The summed E-state index contributed by atoms with van der Waals surface area (Å²) >= 11 is 1.60. The van der Waals surface area contributed by atoms with Gasteiger partial charge in [-0.15, -0.1) is 11.3 Å². The van der Waals surface area contributed by atoms with Crippen molar-refractivity contribution in [3.05, 3.63) is 57.8 Å². The maximum Gasteiger partial charge on any atom is 0.251 e. The summed E-state index contributed by atoms with van der Waals surface area (Å²) in [7, 11) is 0. The number of hydrogen-bond acceptors (Lipinski definition) is 3. The third-order valence-corrected chi connectivity index (χ3v) is 5.14. The van der Waals surface area contributed by atoms with Crippen molar-refractivity contribution in [1.29, 1.82) is 0 Å². The van der Waals surface area contributed by atoms with Crippen LogP contribution in [0, 0.1) is 5.92 Å². The molecule has 2 aromatic rings. The van der Waals surface area contributed by atoms with Gasteiger partial charge in [-0.1, -0.05) is 52.8 Å². The number of carbonyl (C=O) groups excluding carboxylic acids is 2. The van der Waals surface area contributed by atoms with Crippen molar-refractivity contribution < 1.29 is 9.59 Å². The molecule has 0 aliphatic rings. The Hall–Kier alpha value is -2.14. The predicted octanol–water partition coefficient (Wildman–Crippen LogP) is 4.12. The van der Waals surface area contributed by atoms with Gasteiger partial charge in [-0.05, 0) is 40.5 Å². The molecule has 1 heterocycles. The lowest BCUT2D eigenvalue weighted by atomic mass is 9.86. The van der Waals surface area contributed by atoms with E-state index in [0.717, 1.165) is 4.88 Å². The van der Waals surface area contributed by atoms with E-state index in [0.29, 0.717) is 12.1 Å². The number of benzene rings is 1. The maximum atomic E-state index is 12.6. The summed E-state index contributed by atoms with van der Waals surface area (Å²) in [6, 6.07) is 10.9. The van der Waals surface area contributed by atoms with Crippen molar-refractivity contribution in [3.63, 3.8) is 0 Å². The maximum absolute atomic E-state index is 12.6. The van der Waals surface area contributed by atoms with E-state index < -0.39 is 6.04 Å². The minimum absolute atomic E-state index is 0.00358. The number of rotatable bonds is 6. The van der Waals surface area contributed by atoms with E-state index in [1.165, 1.54) is 5.56 Å². The zero-order chi connectivity index (χ0) is 19.3. The number of hydrogen-bond donors (Lipinski definition) is 2. The lowest BCUT2D eigenvalue weighted by Crippen LogP contribution is -2.49. The van der Waals surface area contributed by atoms with Crippen LogP contribution >= 0.6 is 11.3 Å². The van der Waals surface area contributed by atoms with E-state index in [9.17, 15) is 9.59 Å². The summed E-state index contributed by atoms with van der Waals surface area (Å²) in [6.07, 6.45) is 0. The van der Waals surface area contributed by atoms with E-state index in [1.54, 1.807) is 11.3 Å². The van der Waals surface area contributed by atoms with Gasteiger partial charge >= 0.3 is 0 Å². The molecular formula is C21H28N2O2S. The Balaban J connectivity index is 2.01. The molecule has 0 aliphatic heterocycles. The lowest BCUT2D eigenvalue weighted by Gasteiger charge is -2.22. The Kier molecular flexibility index (Phi) is 6.59. The summed E-state index contributed by atoms with van der Waals surface area (Å²) in [5.74, 6) is -0.389. The van der Waals surface area contributed by atoms with Crippen molar-refractivity contribution in [2.24, 2.45) is 5.92 Å². The van der Waals surface area contributed by atoms with E-state index in [4.69, 9.17) is 0 Å². The Bertz CT molecular complexity index is 728. The molecule has 2 amide bonds. The molecular weight excluding hydrogens is 344 g/mol. The van der Waals surface area contributed by atoms with Gasteiger partial charge in [-0.25, -0.2) is 0 Å². The molecule has 1 aromatic heterocycles. The highest BCUT2D eigenvalue weighted by atomic mass is 32.1. The fourth-order valence-corrected chi connectivity index (χ4v) is 3.22. The second kappa shape index (κ2) is 8.49. The second-order valence-corrected chi connectivity index (χ2v) is 8.85. The van der Waals surface area contributed by atoms with Gasteiger partial charge in [0.25, 0.3) is 5.91 Å². The largest absolute Gasteiger partial charge is 0.349 e. The normalized spacial score (nSPS) is 12.7. The van der Waals surface area contributed by atoms with Gasteiger partial charge in [0.1, 0.15) is 6.04 Å². The first-order valence-corrected chi connectivity index (χ1v) is 9.78. The van der Waals surface area contributed by atoms with Crippen molar-refractivity contribution in [3.8, 4) is 0 Å². The molecule has 0 saturated carbocycles. The van der Waals surface area contributed by atoms with Crippen LogP contribution in [0.1, 0.15) is 55.4 Å². The van der Waals surface area contributed by atoms with Crippen molar-refractivity contribution in [1.82, 2.24) is 10.6 Å². The molecule has 5 heteroatoms. The molecule has 1 atom stereocenters. The molecule has 0 bridgehead atoms. The van der Waals surface area contributed by atoms with E-state index >= 15 is 0 Å². The molecule has 2 N–H and O–H groups in total. The van der Waals surface area contributed by atoms with Gasteiger partial charge in [-0.2, -0.15) is 0 Å². The zero-order valence-electron chi connectivity index (χ0n) is 16.1. The van der Waals surface area contributed by atoms with Gasteiger partial charge in [-0.3, -0.25) is 9.59 Å².